The number of hydrogen-bond donors (Lipinski definition) is 4. The highest BCUT2D eigenvalue weighted by Gasteiger charge is 2.09. The number of nitrogens with one attached hydrogen (secondary N) is 4. The number of thiocarbonyl (C=S) groups is 1. The summed E-state index contributed by atoms with van der Waals surface area (Å²) in [6, 6.07) is 6.58. The Morgan fingerprint density at radius 1 is 1.23 bits per heavy atom. The van der Waals surface area contributed by atoms with Gasteiger partial charge in [-0.15, -0.1) is 6.58 Å². The van der Waals surface area contributed by atoms with Gasteiger partial charge in [0.25, 0.3) is 5.91 Å². The van der Waals surface area contributed by atoms with Crippen LogP contribution in [-0.4, -0.2) is 23.5 Å². The van der Waals surface area contributed by atoms with Crippen LogP contribution in [0.5, 0.6) is 0 Å². The van der Waals surface area contributed by atoms with Crippen molar-refractivity contribution in [2.45, 2.75) is 13.8 Å². The number of benzene rings is 1. The van der Waals surface area contributed by atoms with Gasteiger partial charge >= 0.3 is 0 Å². The summed E-state index contributed by atoms with van der Waals surface area (Å²) < 4.78 is 0. The van der Waals surface area contributed by atoms with E-state index in [0.29, 0.717) is 22.9 Å². The van der Waals surface area contributed by atoms with Gasteiger partial charge in [-0.3, -0.25) is 20.4 Å². The van der Waals surface area contributed by atoms with Crippen LogP contribution in [0.2, 0.25) is 0 Å². The molecule has 0 fully saturated rings. The van der Waals surface area contributed by atoms with E-state index in [1.54, 1.807) is 30.3 Å². The Labute approximate surface area is 135 Å². The highest BCUT2D eigenvalue weighted by Crippen LogP contribution is 2.10. The molecule has 0 radical (unpaired) electrons. The minimum Gasteiger partial charge on any atom is -0.358 e. The van der Waals surface area contributed by atoms with Gasteiger partial charge in [-0.05, 0) is 36.5 Å². The van der Waals surface area contributed by atoms with E-state index in [4.69, 9.17) is 12.2 Å². The van der Waals surface area contributed by atoms with E-state index >= 15 is 0 Å². The fraction of sp³-hybridized carbons (Fsp3) is 0.267. The molecule has 1 rings (SSSR count). The standard InChI is InChI=1S/C15H20N4O2S/c1-4-9-16-15(22)19-18-14(21)11-5-7-12(8-6-11)17-13(20)10(2)3/h4-8,10H,1,9H2,2-3H3,(H,17,20)(H,18,21)(H2,16,19,22). The molecule has 0 aliphatic rings. The van der Waals surface area contributed by atoms with E-state index in [0.717, 1.165) is 0 Å². The Morgan fingerprint density at radius 2 is 1.86 bits per heavy atom. The lowest BCUT2D eigenvalue weighted by atomic mass is 10.1. The summed E-state index contributed by atoms with van der Waals surface area (Å²) in [5.74, 6) is -0.502. The van der Waals surface area contributed by atoms with Gasteiger partial charge in [0.15, 0.2) is 5.11 Å². The molecule has 0 spiro atoms. The topological polar surface area (TPSA) is 82.3 Å². The van der Waals surface area contributed by atoms with E-state index in [2.05, 4.69) is 28.1 Å². The van der Waals surface area contributed by atoms with Crippen molar-refractivity contribution < 1.29 is 9.59 Å². The fourth-order valence-electron chi connectivity index (χ4n) is 1.39. The third-order valence-corrected chi connectivity index (χ3v) is 2.88. The molecule has 0 unspecified atom stereocenters. The molecule has 118 valence electrons. The van der Waals surface area contributed by atoms with Crippen LogP contribution < -0.4 is 21.5 Å². The second-order valence-corrected chi connectivity index (χ2v) is 5.21. The second-order valence-electron chi connectivity index (χ2n) is 4.80. The van der Waals surface area contributed by atoms with Crippen LogP contribution >= 0.6 is 12.2 Å². The normalized spacial score (nSPS) is 9.77. The van der Waals surface area contributed by atoms with Crippen molar-refractivity contribution in [2.75, 3.05) is 11.9 Å². The number of anilines is 1. The van der Waals surface area contributed by atoms with Crippen molar-refractivity contribution in [3.63, 3.8) is 0 Å². The highest BCUT2D eigenvalue weighted by molar-refractivity contribution is 7.80. The zero-order chi connectivity index (χ0) is 16.5. The average molecular weight is 320 g/mol. The summed E-state index contributed by atoms with van der Waals surface area (Å²) in [5.41, 5.74) is 6.14. The lowest BCUT2D eigenvalue weighted by molar-refractivity contribution is -0.118. The maximum atomic E-state index is 11.9. The monoisotopic (exact) mass is 320 g/mol. The first-order valence-electron chi connectivity index (χ1n) is 6.80. The molecule has 7 heteroatoms. The molecule has 0 aromatic heterocycles. The van der Waals surface area contributed by atoms with Gasteiger partial charge in [0.05, 0.1) is 0 Å². The van der Waals surface area contributed by atoms with Crippen LogP contribution in [0.4, 0.5) is 5.69 Å². The zero-order valence-corrected chi connectivity index (χ0v) is 13.4. The maximum Gasteiger partial charge on any atom is 0.269 e. The van der Waals surface area contributed by atoms with Gasteiger partial charge in [-0.1, -0.05) is 19.9 Å². The summed E-state index contributed by atoms with van der Waals surface area (Å²) in [6.07, 6.45) is 1.65. The van der Waals surface area contributed by atoms with Crippen molar-refractivity contribution in [3.05, 3.63) is 42.5 Å². The molecule has 0 bridgehead atoms. The molecule has 0 heterocycles. The second kappa shape index (κ2) is 8.78. The minimum absolute atomic E-state index is 0.0717. The van der Waals surface area contributed by atoms with Gasteiger partial charge in [-0.25, -0.2) is 0 Å². The molecule has 4 N–H and O–H groups in total. The van der Waals surface area contributed by atoms with Crippen molar-refractivity contribution in [2.24, 2.45) is 5.92 Å². The van der Waals surface area contributed by atoms with Gasteiger partial charge in [0, 0.05) is 23.7 Å². The Morgan fingerprint density at radius 3 is 2.41 bits per heavy atom. The van der Waals surface area contributed by atoms with Crippen molar-refractivity contribution >= 4 is 34.8 Å². The number of carbonyl (C=O) groups is 2. The molecule has 0 aliphatic heterocycles. The molecular formula is C15H20N4O2S. The lowest BCUT2D eigenvalue weighted by Gasteiger charge is -2.11. The molecule has 0 saturated heterocycles. The van der Waals surface area contributed by atoms with Crippen LogP contribution in [-0.2, 0) is 4.79 Å². The van der Waals surface area contributed by atoms with Crippen molar-refractivity contribution in [1.29, 1.82) is 0 Å². The summed E-state index contributed by atoms with van der Waals surface area (Å²) in [5, 5.41) is 5.87. The third-order valence-electron chi connectivity index (χ3n) is 2.64. The van der Waals surface area contributed by atoms with E-state index < -0.39 is 0 Å². The fourth-order valence-corrected chi connectivity index (χ4v) is 1.52. The van der Waals surface area contributed by atoms with Crippen LogP contribution in [0.1, 0.15) is 24.2 Å². The highest BCUT2D eigenvalue weighted by atomic mass is 32.1. The van der Waals surface area contributed by atoms with Crippen LogP contribution in [0.15, 0.2) is 36.9 Å². The predicted molar refractivity (Wildman–Crippen MR) is 91.3 cm³/mol. The van der Waals surface area contributed by atoms with Gasteiger partial charge in [0.2, 0.25) is 5.91 Å². The summed E-state index contributed by atoms with van der Waals surface area (Å²) >= 11 is 4.95. The van der Waals surface area contributed by atoms with Gasteiger partial charge in [0.1, 0.15) is 0 Å². The molecule has 2 amide bonds. The predicted octanol–water partition coefficient (Wildman–Crippen LogP) is 1.58. The Kier molecular flexibility index (Phi) is 7.04. The molecule has 6 nitrogen and oxygen atoms in total. The molecule has 22 heavy (non-hydrogen) atoms. The molecular weight excluding hydrogens is 300 g/mol. The van der Waals surface area contributed by atoms with E-state index in [-0.39, 0.29) is 17.7 Å². The first-order chi connectivity index (χ1) is 10.4. The average Bonchev–Trinajstić information content (AvgIpc) is 2.51. The van der Waals surface area contributed by atoms with Crippen molar-refractivity contribution in [1.82, 2.24) is 16.2 Å². The number of hydrogen-bond acceptors (Lipinski definition) is 3. The smallest absolute Gasteiger partial charge is 0.269 e. The number of rotatable bonds is 5. The first kappa shape index (κ1) is 17.6. The Balaban J connectivity index is 2.52. The summed E-state index contributed by atoms with van der Waals surface area (Å²) in [7, 11) is 0. The summed E-state index contributed by atoms with van der Waals surface area (Å²) in [4.78, 5) is 23.5. The maximum absolute atomic E-state index is 11.9. The lowest BCUT2D eigenvalue weighted by Crippen LogP contribution is -2.46. The quantitative estimate of drug-likeness (QED) is 0.376. The SMILES string of the molecule is C=CCNC(=S)NNC(=O)c1ccc(NC(=O)C(C)C)cc1. The van der Waals surface area contributed by atoms with Gasteiger partial charge in [-0.2, -0.15) is 0 Å². The number of carbonyl (C=O) groups excluding carboxylic acids is 2. The summed E-state index contributed by atoms with van der Waals surface area (Å²) in [6.45, 7) is 7.68. The molecule has 1 aromatic carbocycles. The minimum atomic E-state index is -0.329. The molecule has 1 aromatic rings. The Hall–Kier alpha value is -2.41. The van der Waals surface area contributed by atoms with Crippen LogP contribution in [0.3, 0.4) is 0 Å². The molecule has 0 saturated carbocycles. The third kappa shape index (κ3) is 5.92. The first-order valence-corrected chi connectivity index (χ1v) is 7.21. The van der Waals surface area contributed by atoms with E-state index in [1.165, 1.54) is 0 Å². The van der Waals surface area contributed by atoms with E-state index in [9.17, 15) is 9.59 Å². The van der Waals surface area contributed by atoms with Gasteiger partial charge < -0.3 is 10.6 Å². The van der Waals surface area contributed by atoms with E-state index in [1.807, 2.05) is 13.8 Å². The van der Waals surface area contributed by atoms with Crippen molar-refractivity contribution in [3.8, 4) is 0 Å². The zero-order valence-electron chi connectivity index (χ0n) is 12.6. The van der Waals surface area contributed by atoms with Crippen LogP contribution in [0, 0.1) is 5.92 Å². The largest absolute Gasteiger partial charge is 0.358 e. The molecule has 0 aliphatic carbocycles. The Bertz CT molecular complexity index is 555. The number of hydrazine groups is 1. The number of amides is 2. The molecule has 0 atom stereocenters. The van der Waals surface area contributed by atoms with Crippen LogP contribution in [0.25, 0.3) is 0 Å².